The lowest BCUT2D eigenvalue weighted by Gasteiger charge is -2.17. The summed E-state index contributed by atoms with van der Waals surface area (Å²) in [5, 5.41) is 8.01. The van der Waals surface area contributed by atoms with Gasteiger partial charge in [0.25, 0.3) is 5.91 Å². The van der Waals surface area contributed by atoms with Gasteiger partial charge < -0.3 is 5.73 Å². The first-order chi connectivity index (χ1) is 9.58. The van der Waals surface area contributed by atoms with E-state index in [2.05, 4.69) is 11.8 Å². The van der Waals surface area contributed by atoms with Crippen LogP contribution in [0.1, 0.15) is 22.8 Å². The molecule has 0 aliphatic heterocycles. The number of aryl methyl sites for hydroxylation is 1. The number of thiophene rings is 1. The normalized spacial score (nSPS) is 10.3. The lowest BCUT2D eigenvalue weighted by atomic mass is 10.1. The number of nitrogen functional groups attached to an aromatic ring is 1. The van der Waals surface area contributed by atoms with Crippen LogP contribution in [0.4, 0.5) is 10.7 Å². The highest BCUT2D eigenvalue weighted by Gasteiger charge is 2.23. The molecule has 1 amide bonds. The third-order valence-electron chi connectivity index (χ3n) is 2.90. The minimum Gasteiger partial charge on any atom is -0.390 e. The van der Waals surface area contributed by atoms with Crippen molar-refractivity contribution in [1.82, 2.24) is 0 Å². The first kappa shape index (κ1) is 14.6. The highest BCUT2D eigenvalue weighted by atomic mass is 35.5. The van der Waals surface area contributed by atoms with Gasteiger partial charge in [-0.05, 0) is 41.6 Å². The number of hydrogen-bond acceptors (Lipinski definition) is 4. The number of carbonyl (C=O) groups is 1. The first-order valence-corrected chi connectivity index (χ1v) is 7.26. The molecule has 1 aromatic carbocycles. The van der Waals surface area contributed by atoms with Crippen LogP contribution in [-0.2, 0) is 6.42 Å². The van der Waals surface area contributed by atoms with Gasteiger partial charge in [-0.3, -0.25) is 4.79 Å². The highest BCUT2D eigenvalue weighted by Crippen LogP contribution is 2.29. The van der Waals surface area contributed by atoms with Crippen molar-refractivity contribution in [3.63, 3.8) is 0 Å². The Labute approximate surface area is 126 Å². The van der Waals surface area contributed by atoms with E-state index in [0.29, 0.717) is 21.3 Å². The predicted molar refractivity (Wildman–Crippen MR) is 85.9 cm³/mol. The number of amides is 1. The molecule has 6 heteroatoms. The Hall–Kier alpha value is -1.85. The third kappa shape index (κ3) is 2.69. The molecule has 20 heavy (non-hydrogen) atoms. The van der Waals surface area contributed by atoms with Crippen molar-refractivity contribution in [1.29, 1.82) is 0 Å². The van der Waals surface area contributed by atoms with Crippen LogP contribution in [0.5, 0.6) is 0 Å². The summed E-state index contributed by atoms with van der Waals surface area (Å²) in [7, 11) is 0. The number of carbonyl (C=O) groups excluding carboxylic acids is 1. The number of nitrogens with zero attached hydrogens (tertiary/aromatic N) is 2. The number of hydrogen-bond donors (Lipinski definition) is 1. The molecule has 104 valence electrons. The molecule has 0 unspecified atom stereocenters. The molecule has 1 aromatic heterocycles. The number of hydrazone groups is 1. The largest absolute Gasteiger partial charge is 0.390 e. The van der Waals surface area contributed by atoms with Crippen molar-refractivity contribution in [3.8, 4) is 0 Å². The lowest BCUT2D eigenvalue weighted by molar-refractivity contribution is 0.0988. The predicted octanol–water partition coefficient (Wildman–Crippen LogP) is 3.81. The molecule has 0 aliphatic carbocycles. The van der Waals surface area contributed by atoms with E-state index in [-0.39, 0.29) is 5.91 Å². The zero-order valence-electron chi connectivity index (χ0n) is 11.0. The van der Waals surface area contributed by atoms with Crippen LogP contribution in [0, 0.1) is 0 Å². The van der Waals surface area contributed by atoms with Crippen LogP contribution < -0.4 is 10.7 Å². The molecule has 2 N–H and O–H groups in total. The Bertz CT molecular complexity index is 636. The second-order valence-electron chi connectivity index (χ2n) is 4.09. The van der Waals surface area contributed by atoms with E-state index in [1.807, 2.05) is 12.3 Å². The van der Waals surface area contributed by atoms with Crippen LogP contribution in [0.2, 0.25) is 5.02 Å². The van der Waals surface area contributed by atoms with E-state index in [1.165, 1.54) is 16.3 Å². The maximum Gasteiger partial charge on any atom is 0.281 e. The molecule has 0 atom stereocenters. The lowest BCUT2D eigenvalue weighted by Crippen LogP contribution is -2.26. The number of anilines is 2. The zero-order chi connectivity index (χ0) is 14.7. The molecule has 0 radical (unpaired) electrons. The van der Waals surface area contributed by atoms with Gasteiger partial charge >= 0.3 is 0 Å². The summed E-state index contributed by atoms with van der Waals surface area (Å²) in [6.45, 7) is 5.44. The van der Waals surface area contributed by atoms with E-state index < -0.39 is 0 Å². The summed E-state index contributed by atoms with van der Waals surface area (Å²) in [5.74, 6) is -0.280. The molecule has 0 bridgehead atoms. The molecular formula is C14H14ClN3OS. The number of halogens is 1. The van der Waals surface area contributed by atoms with Crippen molar-refractivity contribution in [2.24, 2.45) is 5.10 Å². The fraction of sp³-hybridized carbons (Fsp3) is 0.143. The van der Waals surface area contributed by atoms with Gasteiger partial charge in [-0.2, -0.15) is 10.1 Å². The minimum absolute atomic E-state index is 0.280. The average Bonchev–Trinajstić information content (AvgIpc) is 2.82. The molecule has 2 rings (SSSR count). The second kappa shape index (κ2) is 6.07. The average molecular weight is 308 g/mol. The third-order valence-corrected chi connectivity index (χ3v) is 4.01. The van der Waals surface area contributed by atoms with Crippen LogP contribution >= 0.6 is 22.9 Å². The molecule has 0 saturated heterocycles. The van der Waals surface area contributed by atoms with Crippen LogP contribution in [-0.4, -0.2) is 12.6 Å². The van der Waals surface area contributed by atoms with Gasteiger partial charge in [-0.15, -0.1) is 11.3 Å². The summed E-state index contributed by atoms with van der Waals surface area (Å²) in [6, 6.07) is 6.81. The van der Waals surface area contributed by atoms with Crippen molar-refractivity contribution in [2.45, 2.75) is 13.3 Å². The van der Waals surface area contributed by atoms with E-state index in [9.17, 15) is 4.79 Å². The van der Waals surface area contributed by atoms with Crippen LogP contribution in [0.25, 0.3) is 0 Å². The Morgan fingerprint density at radius 2 is 2.10 bits per heavy atom. The summed E-state index contributed by atoms with van der Waals surface area (Å²) < 4.78 is 0. The van der Waals surface area contributed by atoms with Crippen molar-refractivity contribution in [3.05, 3.63) is 45.8 Å². The first-order valence-electron chi connectivity index (χ1n) is 6.01. The van der Waals surface area contributed by atoms with E-state index in [1.54, 1.807) is 24.3 Å². The number of nitrogens with two attached hydrogens (primary N) is 1. The monoisotopic (exact) mass is 307 g/mol. The Balaban J connectivity index is 2.41. The van der Waals surface area contributed by atoms with Gasteiger partial charge in [-0.25, -0.2) is 0 Å². The van der Waals surface area contributed by atoms with Gasteiger partial charge in [-0.1, -0.05) is 18.5 Å². The Morgan fingerprint density at radius 3 is 2.65 bits per heavy atom. The van der Waals surface area contributed by atoms with E-state index in [4.69, 9.17) is 17.3 Å². The van der Waals surface area contributed by atoms with Crippen molar-refractivity contribution >= 4 is 46.3 Å². The quantitative estimate of drug-likeness (QED) is 0.689. The number of benzene rings is 1. The van der Waals surface area contributed by atoms with Gasteiger partial charge in [0, 0.05) is 11.7 Å². The SMILES string of the molecule is C=NN(C(=O)c1c(CC)csc1N)c1ccc(Cl)cc1. The Morgan fingerprint density at radius 1 is 1.45 bits per heavy atom. The molecule has 0 saturated carbocycles. The second-order valence-corrected chi connectivity index (χ2v) is 5.44. The maximum absolute atomic E-state index is 12.6. The smallest absolute Gasteiger partial charge is 0.281 e. The molecule has 0 spiro atoms. The van der Waals surface area contributed by atoms with E-state index >= 15 is 0 Å². The van der Waals surface area contributed by atoms with Crippen LogP contribution in [0.15, 0.2) is 34.7 Å². The topological polar surface area (TPSA) is 58.7 Å². The summed E-state index contributed by atoms with van der Waals surface area (Å²) in [6.07, 6.45) is 0.736. The summed E-state index contributed by atoms with van der Waals surface area (Å²) >= 11 is 7.20. The van der Waals surface area contributed by atoms with Gasteiger partial charge in [0.15, 0.2) is 0 Å². The van der Waals surface area contributed by atoms with Crippen LogP contribution in [0.3, 0.4) is 0 Å². The molecule has 0 aliphatic rings. The standard InChI is InChI=1S/C14H14ClN3OS/c1-3-9-8-20-13(16)12(9)14(19)18(17-2)11-6-4-10(15)5-7-11/h4-8H,2-3,16H2,1H3. The van der Waals surface area contributed by atoms with Gasteiger partial charge in [0.2, 0.25) is 0 Å². The van der Waals surface area contributed by atoms with Crippen molar-refractivity contribution in [2.75, 3.05) is 10.7 Å². The molecule has 2 aromatic rings. The fourth-order valence-electron chi connectivity index (χ4n) is 1.86. The minimum atomic E-state index is -0.280. The zero-order valence-corrected chi connectivity index (χ0v) is 12.5. The van der Waals surface area contributed by atoms with E-state index in [0.717, 1.165) is 12.0 Å². The summed E-state index contributed by atoms with van der Waals surface area (Å²) in [4.78, 5) is 12.6. The molecule has 0 fully saturated rings. The summed E-state index contributed by atoms with van der Waals surface area (Å²) in [5.41, 5.74) is 7.92. The van der Waals surface area contributed by atoms with Crippen molar-refractivity contribution < 1.29 is 4.79 Å². The highest BCUT2D eigenvalue weighted by molar-refractivity contribution is 7.14. The maximum atomic E-state index is 12.6. The number of rotatable bonds is 4. The Kier molecular flexibility index (Phi) is 4.42. The molecular weight excluding hydrogens is 294 g/mol. The van der Waals surface area contributed by atoms with Gasteiger partial charge in [0.1, 0.15) is 0 Å². The van der Waals surface area contributed by atoms with Gasteiger partial charge in [0.05, 0.1) is 16.3 Å². The molecule has 4 nitrogen and oxygen atoms in total. The molecule has 1 heterocycles. The fourth-order valence-corrected chi connectivity index (χ4v) is 2.88.